The van der Waals surface area contributed by atoms with E-state index in [1.807, 2.05) is 0 Å². The first-order valence-corrected chi connectivity index (χ1v) is 7.12. The molecule has 2 aromatic rings. The minimum atomic E-state index is -0.726. The summed E-state index contributed by atoms with van der Waals surface area (Å²) in [6.45, 7) is -0.166. The largest absolute Gasteiger partial charge is 0.496 e. The van der Waals surface area contributed by atoms with Gasteiger partial charge in [-0.3, -0.25) is 4.79 Å². The Labute approximate surface area is 135 Å². The maximum absolute atomic E-state index is 12.2. The number of rotatable bonds is 5. The molecular weight excluding hydrogens is 412 g/mol. The Morgan fingerprint density at radius 3 is 2.71 bits per heavy atom. The highest BCUT2D eigenvalue weighted by molar-refractivity contribution is 9.10. The van der Waals surface area contributed by atoms with Crippen LogP contribution in [-0.2, 0) is 6.54 Å². The molecule has 0 aliphatic rings. The molecule has 0 amide bonds. The highest BCUT2D eigenvalue weighted by atomic mass is 79.9. The quantitative estimate of drug-likeness (QED) is 0.419. The molecular formula is C11H8Br2N4O4. The maximum atomic E-state index is 12.2. The Kier molecular flexibility index (Phi) is 4.68. The van der Waals surface area contributed by atoms with E-state index in [2.05, 4.69) is 41.9 Å². The van der Waals surface area contributed by atoms with E-state index in [9.17, 15) is 14.9 Å². The number of methoxy groups -OCH3 is 1. The Balaban J connectivity index is 2.22. The highest BCUT2D eigenvalue weighted by Crippen LogP contribution is 2.26. The van der Waals surface area contributed by atoms with Crippen molar-refractivity contribution in [3.63, 3.8) is 0 Å². The van der Waals surface area contributed by atoms with Crippen molar-refractivity contribution in [3.05, 3.63) is 43.1 Å². The molecule has 0 bridgehead atoms. The Morgan fingerprint density at radius 1 is 1.48 bits per heavy atom. The van der Waals surface area contributed by atoms with E-state index < -0.39 is 10.9 Å². The number of ether oxygens (including phenoxy) is 1. The lowest BCUT2D eigenvalue weighted by Crippen LogP contribution is -2.12. The first kappa shape index (κ1) is 15.6. The van der Waals surface area contributed by atoms with E-state index in [4.69, 9.17) is 4.74 Å². The van der Waals surface area contributed by atoms with Gasteiger partial charge in [0.05, 0.1) is 11.6 Å². The molecule has 0 fully saturated rings. The third-order valence-electron chi connectivity index (χ3n) is 2.55. The SMILES string of the molecule is COc1ccc(C(=O)Cn2nc([N+](=O)[O-])nc2Br)cc1Br. The lowest BCUT2D eigenvalue weighted by Gasteiger charge is -2.05. The molecule has 0 spiro atoms. The molecule has 0 aliphatic heterocycles. The molecule has 1 aromatic carbocycles. The second kappa shape index (κ2) is 6.31. The number of benzene rings is 1. The van der Waals surface area contributed by atoms with Gasteiger partial charge in [0.1, 0.15) is 12.3 Å². The zero-order chi connectivity index (χ0) is 15.6. The van der Waals surface area contributed by atoms with E-state index in [0.29, 0.717) is 15.8 Å². The minimum Gasteiger partial charge on any atom is -0.496 e. The van der Waals surface area contributed by atoms with Gasteiger partial charge in [-0.05, 0) is 44.0 Å². The lowest BCUT2D eigenvalue weighted by molar-refractivity contribution is -0.394. The van der Waals surface area contributed by atoms with Crippen LogP contribution in [0, 0.1) is 10.1 Å². The summed E-state index contributed by atoms with van der Waals surface area (Å²) >= 11 is 6.32. The van der Waals surface area contributed by atoms with Gasteiger partial charge in [-0.15, -0.1) is 0 Å². The number of carbonyl (C=O) groups is 1. The molecule has 1 aromatic heterocycles. The van der Waals surface area contributed by atoms with Crippen LogP contribution in [0.15, 0.2) is 27.4 Å². The fourth-order valence-electron chi connectivity index (χ4n) is 1.56. The second-order valence-electron chi connectivity index (χ2n) is 3.87. The third-order valence-corrected chi connectivity index (χ3v) is 3.75. The van der Waals surface area contributed by atoms with Gasteiger partial charge in [0.15, 0.2) is 5.78 Å². The van der Waals surface area contributed by atoms with Crippen LogP contribution >= 0.6 is 31.9 Å². The molecule has 0 unspecified atom stereocenters. The fraction of sp³-hybridized carbons (Fsp3) is 0.182. The van der Waals surface area contributed by atoms with Gasteiger partial charge in [0.2, 0.25) is 0 Å². The van der Waals surface area contributed by atoms with Gasteiger partial charge in [-0.1, -0.05) is 0 Å². The molecule has 0 radical (unpaired) electrons. The van der Waals surface area contributed by atoms with Crippen molar-refractivity contribution in [3.8, 4) is 5.75 Å². The first-order valence-electron chi connectivity index (χ1n) is 5.54. The first-order chi connectivity index (χ1) is 9.92. The number of hydrogen-bond acceptors (Lipinski definition) is 6. The monoisotopic (exact) mass is 418 g/mol. The summed E-state index contributed by atoms with van der Waals surface area (Å²) in [6, 6.07) is 4.86. The van der Waals surface area contributed by atoms with Crippen molar-refractivity contribution < 1.29 is 14.5 Å². The van der Waals surface area contributed by atoms with Crippen LogP contribution < -0.4 is 4.74 Å². The average molecular weight is 420 g/mol. The molecule has 0 atom stereocenters. The summed E-state index contributed by atoms with van der Waals surface area (Å²) in [6.07, 6.45) is 0. The second-order valence-corrected chi connectivity index (χ2v) is 5.43. The van der Waals surface area contributed by atoms with Gasteiger partial charge < -0.3 is 14.9 Å². The molecule has 0 aliphatic carbocycles. The zero-order valence-electron chi connectivity index (χ0n) is 10.6. The van der Waals surface area contributed by atoms with Gasteiger partial charge in [-0.25, -0.2) is 0 Å². The highest BCUT2D eigenvalue weighted by Gasteiger charge is 2.21. The molecule has 1 heterocycles. The number of hydrogen-bond donors (Lipinski definition) is 0. The summed E-state index contributed by atoms with van der Waals surface area (Å²) < 4.78 is 6.96. The van der Waals surface area contributed by atoms with Crippen LogP contribution in [0.4, 0.5) is 5.95 Å². The van der Waals surface area contributed by atoms with E-state index in [1.165, 1.54) is 7.11 Å². The van der Waals surface area contributed by atoms with Crippen LogP contribution in [0.25, 0.3) is 0 Å². The molecule has 8 nitrogen and oxygen atoms in total. The van der Waals surface area contributed by atoms with E-state index >= 15 is 0 Å². The topological polar surface area (TPSA) is 100 Å². The van der Waals surface area contributed by atoms with Crippen molar-refractivity contribution in [2.45, 2.75) is 6.54 Å². The minimum absolute atomic E-state index is 0.120. The molecule has 0 saturated carbocycles. The fourth-order valence-corrected chi connectivity index (χ4v) is 2.46. The van der Waals surface area contributed by atoms with Crippen LogP contribution in [0.3, 0.4) is 0 Å². The number of Topliss-reactive ketones (excluding diaryl/α,β-unsaturated/α-hetero) is 1. The van der Waals surface area contributed by atoms with Crippen molar-refractivity contribution in [1.82, 2.24) is 14.8 Å². The summed E-state index contributed by atoms with van der Waals surface area (Å²) in [5.74, 6) is -0.228. The van der Waals surface area contributed by atoms with Crippen LogP contribution in [-0.4, -0.2) is 32.6 Å². The van der Waals surface area contributed by atoms with Crippen molar-refractivity contribution in [2.75, 3.05) is 7.11 Å². The van der Waals surface area contributed by atoms with Crippen LogP contribution in [0.2, 0.25) is 0 Å². The van der Waals surface area contributed by atoms with Crippen LogP contribution in [0.5, 0.6) is 5.75 Å². The standard InChI is InChI=1S/C11H8Br2N4O4/c1-21-9-3-2-6(4-7(9)12)8(18)5-16-10(13)14-11(15-16)17(19)20/h2-4H,5H2,1H3. The predicted octanol–water partition coefficient (Wildman–Crippen LogP) is 2.60. The van der Waals surface area contributed by atoms with Gasteiger partial charge >= 0.3 is 5.95 Å². The number of halogens is 2. The molecule has 2 rings (SSSR count). The van der Waals surface area contributed by atoms with E-state index in [-0.39, 0.29) is 17.1 Å². The summed E-state index contributed by atoms with van der Waals surface area (Å²) in [5, 5.41) is 14.2. The third kappa shape index (κ3) is 3.45. The van der Waals surface area contributed by atoms with E-state index in [0.717, 1.165) is 4.68 Å². The Hall–Kier alpha value is -1.81. The number of aromatic nitrogens is 3. The predicted molar refractivity (Wildman–Crippen MR) is 79.4 cm³/mol. The maximum Gasteiger partial charge on any atom is 0.492 e. The Bertz CT molecular complexity index is 716. The number of nitrogens with zero attached hydrogens (tertiary/aromatic N) is 4. The van der Waals surface area contributed by atoms with Gasteiger partial charge in [0, 0.05) is 26.6 Å². The zero-order valence-corrected chi connectivity index (χ0v) is 13.8. The summed E-state index contributed by atoms with van der Waals surface area (Å²) in [5.41, 5.74) is 0.424. The number of carbonyl (C=O) groups excluding carboxylic acids is 1. The molecule has 0 N–H and O–H groups in total. The molecule has 10 heteroatoms. The molecule has 21 heavy (non-hydrogen) atoms. The van der Waals surface area contributed by atoms with Crippen molar-refractivity contribution >= 4 is 43.6 Å². The normalized spacial score (nSPS) is 10.4. The molecule has 0 saturated heterocycles. The molecule has 110 valence electrons. The van der Waals surface area contributed by atoms with E-state index in [1.54, 1.807) is 18.2 Å². The number of ketones is 1. The smallest absolute Gasteiger partial charge is 0.492 e. The average Bonchev–Trinajstić information content (AvgIpc) is 2.80. The van der Waals surface area contributed by atoms with Crippen molar-refractivity contribution in [2.24, 2.45) is 0 Å². The van der Waals surface area contributed by atoms with Gasteiger partial charge in [0.25, 0.3) is 4.73 Å². The van der Waals surface area contributed by atoms with Crippen molar-refractivity contribution in [1.29, 1.82) is 0 Å². The Morgan fingerprint density at radius 2 is 2.19 bits per heavy atom. The number of nitro groups is 1. The lowest BCUT2D eigenvalue weighted by atomic mass is 10.1. The van der Waals surface area contributed by atoms with Gasteiger partial charge in [-0.2, -0.15) is 4.68 Å². The summed E-state index contributed by atoms with van der Waals surface area (Å²) in [7, 11) is 1.52. The summed E-state index contributed by atoms with van der Waals surface area (Å²) in [4.78, 5) is 25.6. The van der Waals surface area contributed by atoms with Crippen LogP contribution in [0.1, 0.15) is 10.4 Å².